The van der Waals surface area contributed by atoms with E-state index in [9.17, 15) is 9.90 Å². The summed E-state index contributed by atoms with van der Waals surface area (Å²) in [6.45, 7) is 5.66. The maximum absolute atomic E-state index is 11.0. The van der Waals surface area contributed by atoms with Crippen LogP contribution in [-0.4, -0.2) is 62.7 Å². The highest BCUT2D eigenvalue weighted by atomic mass is 16.5. The number of carbonyl (C=O) groups excluding carboxylic acids is 1. The van der Waals surface area contributed by atoms with Crippen LogP contribution < -0.4 is 14.4 Å². The highest BCUT2D eigenvalue weighted by molar-refractivity contribution is 5.80. The Morgan fingerprint density at radius 1 is 1.04 bits per heavy atom. The molecule has 0 aromatic heterocycles. The smallest absolute Gasteiger partial charge is 0.153 e. The third kappa shape index (κ3) is 5.16. The largest absolute Gasteiger partial charge is 0.508 e. The first-order valence-corrected chi connectivity index (χ1v) is 9.72. The molecule has 0 bridgehead atoms. The Morgan fingerprint density at radius 2 is 1.82 bits per heavy atom. The van der Waals surface area contributed by atoms with Crippen LogP contribution in [0.2, 0.25) is 0 Å². The number of hydrogen-bond acceptors (Lipinski definition) is 6. The molecule has 0 spiro atoms. The van der Waals surface area contributed by atoms with Crippen LogP contribution in [0.5, 0.6) is 17.2 Å². The van der Waals surface area contributed by atoms with E-state index in [2.05, 4.69) is 15.9 Å². The number of piperazine rings is 1. The summed E-state index contributed by atoms with van der Waals surface area (Å²) in [5, 5.41) is 9.41. The highest BCUT2D eigenvalue weighted by Crippen LogP contribution is 2.28. The van der Waals surface area contributed by atoms with Crippen molar-refractivity contribution in [2.24, 2.45) is 0 Å². The van der Waals surface area contributed by atoms with E-state index in [1.165, 1.54) is 12.1 Å². The van der Waals surface area contributed by atoms with Crippen molar-refractivity contribution in [1.82, 2.24) is 4.90 Å². The van der Waals surface area contributed by atoms with Crippen molar-refractivity contribution >= 4 is 12.0 Å². The van der Waals surface area contributed by atoms with Crippen LogP contribution >= 0.6 is 0 Å². The lowest BCUT2D eigenvalue weighted by atomic mass is 10.2. The van der Waals surface area contributed by atoms with E-state index >= 15 is 0 Å². The van der Waals surface area contributed by atoms with Gasteiger partial charge in [-0.25, -0.2) is 0 Å². The maximum Gasteiger partial charge on any atom is 0.153 e. The second-order valence-electron chi connectivity index (χ2n) is 6.90. The van der Waals surface area contributed by atoms with Gasteiger partial charge in [0.05, 0.1) is 25.0 Å². The predicted octanol–water partition coefficient (Wildman–Crippen LogP) is 3.19. The lowest BCUT2D eigenvalue weighted by molar-refractivity contribution is 0.111. The Morgan fingerprint density at radius 3 is 2.57 bits per heavy atom. The number of nitrogens with zero attached hydrogens (tertiary/aromatic N) is 2. The monoisotopic (exact) mass is 384 g/mol. The third-order valence-electron chi connectivity index (χ3n) is 5.04. The number of carbonyl (C=O) groups is 1. The molecule has 1 saturated heterocycles. The number of phenolic OH excluding ortho intramolecular Hbond substituents is 1. The van der Waals surface area contributed by atoms with Crippen molar-refractivity contribution in [1.29, 1.82) is 0 Å². The second kappa shape index (κ2) is 9.99. The standard InChI is InChI=1S/C22H28N2O4/c1-27-22-7-3-2-6-20(22)24-13-11-23(12-14-24)10-4-5-15-28-21-9-8-19(26)16-18(21)17-25/h2-3,6-9,16-17,26H,4-5,10-15H2,1H3. The topological polar surface area (TPSA) is 62.2 Å². The minimum Gasteiger partial charge on any atom is -0.508 e. The molecular weight excluding hydrogens is 356 g/mol. The molecule has 0 radical (unpaired) electrons. The van der Waals surface area contributed by atoms with Crippen LogP contribution in [0.25, 0.3) is 0 Å². The predicted molar refractivity (Wildman–Crippen MR) is 110 cm³/mol. The Balaban J connectivity index is 1.36. The zero-order chi connectivity index (χ0) is 19.8. The minimum atomic E-state index is 0.0710. The van der Waals surface area contributed by atoms with Crippen molar-refractivity contribution in [3.8, 4) is 17.2 Å². The van der Waals surface area contributed by atoms with Crippen LogP contribution in [0.1, 0.15) is 23.2 Å². The number of benzene rings is 2. The molecule has 6 heteroatoms. The van der Waals surface area contributed by atoms with Crippen LogP contribution in [0.4, 0.5) is 5.69 Å². The number of rotatable bonds is 9. The van der Waals surface area contributed by atoms with Gasteiger partial charge in [0.15, 0.2) is 6.29 Å². The maximum atomic E-state index is 11.0. The van der Waals surface area contributed by atoms with E-state index < -0.39 is 0 Å². The first-order valence-electron chi connectivity index (χ1n) is 9.72. The number of unbranched alkanes of at least 4 members (excludes halogenated alkanes) is 1. The fourth-order valence-corrected chi connectivity index (χ4v) is 3.48. The van der Waals surface area contributed by atoms with Crippen LogP contribution in [0.3, 0.4) is 0 Å². The molecule has 1 aliphatic rings. The van der Waals surface area contributed by atoms with Gasteiger partial charge in [-0.3, -0.25) is 9.69 Å². The first kappa shape index (κ1) is 20.0. The second-order valence-corrected chi connectivity index (χ2v) is 6.90. The zero-order valence-electron chi connectivity index (χ0n) is 16.3. The summed E-state index contributed by atoms with van der Waals surface area (Å²) in [5.41, 5.74) is 1.55. The lowest BCUT2D eigenvalue weighted by Crippen LogP contribution is -2.46. The summed E-state index contributed by atoms with van der Waals surface area (Å²) in [7, 11) is 1.72. The van der Waals surface area contributed by atoms with E-state index in [1.807, 2.05) is 18.2 Å². The van der Waals surface area contributed by atoms with Gasteiger partial charge in [-0.2, -0.15) is 0 Å². The molecule has 2 aromatic rings. The number of para-hydroxylation sites is 2. The van der Waals surface area contributed by atoms with Crippen molar-refractivity contribution in [3.63, 3.8) is 0 Å². The number of phenols is 1. The Hall–Kier alpha value is -2.73. The van der Waals surface area contributed by atoms with E-state index in [1.54, 1.807) is 13.2 Å². The Kier molecular flexibility index (Phi) is 7.14. The fraction of sp³-hybridized carbons (Fsp3) is 0.409. The number of anilines is 1. The number of hydrogen-bond donors (Lipinski definition) is 1. The van der Waals surface area contributed by atoms with Gasteiger partial charge in [0, 0.05) is 26.2 Å². The molecular formula is C22H28N2O4. The molecule has 6 nitrogen and oxygen atoms in total. The van der Waals surface area contributed by atoms with E-state index in [-0.39, 0.29) is 5.75 Å². The summed E-state index contributed by atoms with van der Waals surface area (Å²) < 4.78 is 11.2. The molecule has 1 fully saturated rings. The van der Waals surface area contributed by atoms with Crippen LogP contribution in [0.15, 0.2) is 42.5 Å². The summed E-state index contributed by atoms with van der Waals surface area (Å²) in [5.74, 6) is 1.52. The van der Waals surface area contributed by atoms with Crippen molar-refractivity contribution in [2.45, 2.75) is 12.8 Å². The lowest BCUT2D eigenvalue weighted by Gasteiger charge is -2.36. The summed E-state index contributed by atoms with van der Waals surface area (Å²) in [4.78, 5) is 15.9. The zero-order valence-corrected chi connectivity index (χ0v) is 16.3. The summed E-state index contributed by atoms with van der Waals surface area (Å²) >= 11 is 0. The van der Waals surface area contributed by atoms with Gasteiger partial charge in [-0.15, -0.1) is 0 Å². The average molecular weight is 384 g/mol. The SMILES string of the molecule is COc1ccccc1N1CCN(CCCCOc2ccc(O)cc2C=O)CC1. The van der Waals surface area contributed by atoms with Gasteiger partial charge < -0.3 is 19.5 Å². The number of aromatic hydroxyl groups is 1. The molecule has 3 rings (SSSR count). The molecule has 1 N–H and O–H groups in total. The van der Waals surface area contributed by atoms with Gasteiger partial charge in [0.25, 0.3) is 0 Å². The normalized spacial score (nSPS) is 14.7. The minimum absolute atomic E-state index is 0.0710. The summed E-state index contributed by atoms with van der Waals surface area (Å²) in [6.07, 6.45) is 2.67. The summed E-state index contributed by atoms with van der Waals surface area (Å²) in [6, 6.07) is 12.8. The van der Waals surface area contributed by atoms with Crippen LogP contribution in [-0.2, 0) is 0 Å². The molecule has 150 valence electrons. The quantitative estimate of drug-likeness (QED) is 0.529. The average Bonchev–Trinajstić information content (AvgIpc) is 2.74. The molecule has 2 aromatic carbocycles. The molecule has 0 atom stereocenters. The van der Waals surface area contributed by atoms with Gasteiger partial charge in [-0.05, 0) is 49.7 Å². The Labute approximate surface area is 166 Å². The van der Waals surface area contributed by atoms with E-state index in [0.717, 1.165) is 57.0 Å². The Bertz CT molecular complexity index is 773. The van der Waals surface area contributed by atoms with Crippen LogP contribution in [0, 0.1) is 0 Å². The molecule has 28 heavy (non-hydrogen) atoms. The van der Waals surface area contributed by atoms with Crippen molar-refractivity contribution in [2.75, 3.05) is 51.3 Å². The molecule has 0 unspecified atom stereocenters. The van der Waals surface area contributed by atoms with Gasteiger partial charge >= 0.3 is 0 Å². The fourth-order valence-electron chi connectivity index (χ4n) is 3.48. The third-order valence-corrected chi connectivity index (χ3v) is 5.04. The molecule has 1 heterocycles. The highest BCUT2D eigenvalue weighted by Gasteiger charge is 2.19. The van der Waals surface area contributed by atoms with Crippen molar-refractivity contribution < 1.29 is 19.4 Å². The first-order chi connectivity index (χ1) is 13.7. The molecule has 0 saturated carbocycles. The molecule has 0 aliphatic carbocycles. The van der Waals surface area contributed by atoms with Gasteiger partial charge in [0.1, 0.15) is 17.2 Å². The van der Waals surface area contributed by atoms with E-state index in [0.29, 0.717) is 24.2 Å². The van der Waals surface area contributed by atoms with Crippen molar-refractivity contribution in [3.05, 3.63) is 48.0 Å². The number of ether oxygens (including phenoxy) is 2. The molecule has 0 amide bonds. The number of methoxy groups -OCH3 is 1. The van der Waals surface area contributed by atoms with Gasteiger partial charge in [0.2, 0.25) is 0 Å². The molecule has 1 aliphatic heterocycles. The van der Waals surface area contributed by atoms with Gasteiger partial charge in [-0.1, -0.05) is 12.1 Å². The number of aldehydes is 1. The van der Waals surface area contributed by atoms with E-state index in [4.69, 9.17) is 9.47 Å².